The van der Waals surface area contributed by atoms with Crippen LogP contribution in [-0.4, -0.2) is 36.3 Å². The first-order valence-corrected chi connectivity index (χ1v) is 5.40. The van der Waals surface area contributed by atoms with Crippen LogP contribution in [0.2, 0.25) is 0 Å². The maximum absolute atomic E-state index is 11.5. The predicted octanol–water partition coefficient (Wildman–Crippen LogP) is -1.52. The van der Waals surface area contributed by atoms with Crippen LogP contribution in [0.4, 0.5) is 0 Å². The average Bonchev–Trinajstić information content (AvgIpc) is 2.74. The van der Waals surface area contributed by atoms with E-state index >= 15 is 0 Å². The lowest BCUT2D eigenvalue weighted by atomic mass is 10.4. The molecule has 0 aliphatic rings. The van der Waals surface area contributed by atoms with Crippen LogP contribution in [0.5, 0.6) is 0 Å². The summed E-state index contributed by atoms with van der Waals surface area (Å²) in [7, 11) is 0. The van der Waals surface area contributed by atoms with Crippen molar-refractivity contribution in [3.8, 4) is 0 Å². The van der Waals surface area contributed by atoms with Crippen molar-refractivity contribution in [3.05, 3.63) is 44.5 Å². The smallest absolute Gasteiger partial charge is 0.328 e. The Bertz CT molecular complexity index is 654. The van der Waals surface area contributed by atoms with Crippen LogP contribution in [0.1, 0.15) is 11.3 Å². The molecule has 2 aromatic rings. The van der Waals surface area contributed by atoms with Gasteiger partial charge in [0.05, 0.1) is 25.9 Å². The molecule has 0 saturated carbocycles. The molecule has 0 atom stereocenters. The van der Waals surface area contributed by atoms with Gasteiger partial charge in [-0.05, 0) is 6.92 Å². The number of rotatable bonds is 4. The Balaban J connectivity index is 2.25. The number of hydrogen-bond donors (Lipinski definition) is 2. The number of nitrogens with one attached hydrogen (secondary N) is 1. The van der Waals surface area contributed by atoms with Gasteiger partial charge in [0.15, 0.2) is 0 Å². The molecule has 0 aromatic carbocycles. The molecule has 0 saturated heterocycles. The first kappa shape index (κ1) is 12.2. The van der Waals surface area contributed by atoms with Crippen molar-refractivity contribution >= 4 is 0 Å². The van der Waals surface area contributed by atoms with Crippen molar-refractivity contribution in [2.45, 2.75) is 20.0 Å². The molecule has 0 unspecified atom stereocenters. The molecule has 0 bridgehead atoms. The normalized spacial score (nSPS) is 10.8. The molecule has 0 aliphatic carbocycles. The van der Waals surface area contributed by atoms with Gasteiger partial charge in [-0.15, -0.1) is 0 Å². The summed E-state index contributed by atoms with van der Waals surface area (Å²) >= 11 is 0. The van der Waals surface area contributed by atoms with Gasteiger partial charge in [0.2, 0.25) is 0 Å². The van der Waals surface area contributed by atoms with E-state index in [1.165, 1.54) is 21.8 Å². The lowest BCUT2D eigenvalue weighted by Crippen LogP contribution is -2.31. The third kappa shape index (κ3) is 2.54. The van der Waals surface area contributed by atoms with E-state index < -0.39 is 5.69 Å². The van der Waals surface area contributed by atoms with Gasteiger partial charge in [-0.1, -0.05) is 0 Å². The van der Waals surface area contributed by atoms with Gasteiger partial charge in [-0.2, -0.15) is 15.0 Å². The quantitative estimate of drug-likeness (QED) is 0.686. The monoisotopic (exact) mass is 251 g/mol. The Morgan fingerprint density at radius 1 is 1.44 bits per heavy atom. The maximum atomic E-state index is 11.5. The minimum absolute atomic E-state index is 0.0498. The number of H-pyrrole nitrogens is 1. The molecule has 96 valence electrons. The molecule has 2 aromatic heterocycles. The van der Waals surface area contributed by atoms with E-state index in [0.29, 0.717) is 17.8 Å². The number of aromatic amines is 1. The second-order valence-electron chi connectivity index (χ2n) is 3.85. The highest BCUT2D eigenvalue weighted by molar-refractivity contribution is 5.03. The van der Waals surface area contributed by atoms with Gasteiger partial charge in [0, 0.05) is 11.8 Å². The van der Waals surface area contributed by atoms with Crippen molar-refractivity contribution in [3.63, 3.8) is 0 Å². The van der Waals surface area contributed by atoms with Crippen molar-refractivity contribution in [1.82, 2.24) is 24.5 Å². The fraction of sp³-hybridized carbons (Fsp3) is 0.400. The van der Waals surface area contributed by atoms with Crippen molar-refractivity contribution in [1.29, 1.82) is 0 Å². The zero-order valence-corrected chi connectivity index (χ0v) is 9.83. The lowest BCUT2D eigenvalue weighted by Gasteiger charge is -2.02. The number of aliphatic hydroxyl groups is 1. The summed E-state index contributed by atoms with van der Waals surface area (Å²) in [4.78, 5) is 26.3. The number of aryl methyl sites for hydroxylation is 1. The molecule has 18 heavy (non-hydrogen) atoms. The van der Waals surface area contributed by atoms with Crippen molar-refractivity contribution in [2.75, 3.05) is 6.61 Å². The molecule has 0 aliphatic heterocycles. The Kier molecular flexibility index (Phi) is 3.38. The minimum Gasteiger partial charge on any atom is -0.394 e. The SMILES string of the molecule is Cc1cn(Cc2cnn(CCO)n2)c(=O)[nH]c1=O. The molecule has 8 nitrogen and oxygen atoms in total. The van der Waals surface area contributed by atoms with Crippen molar-refractivity contribution in [2.24, 2.45) is 0 Å². The van der Waals surface area contributed by atoms with Crippen LogP contribution < -0.4 is 11.2 Å². The van der Waals surface area contributed by atoms with Crippen LogP contribution in [-0.2, 0) is 13.1 Å². The van der Waals surface area contributed by atoms with Gasteiger partial charge in [-0.3, -0.25) is 14.3 Å². The van der Waals surface area contributed by atoms with Gasteiger partial charge < -0.3 is 5.11 Å². The highest BCUT2D eigenvalue weighted by Gasteiger charge is 2.05. The Morgan fingerprint density at radius 3 is 2.94 bits per heavy atom. The topological polar surface area (TPSA) is 106 Å². The van der Waals surface area contributed by atoms with Crippen LogP contribution in [0.3, 0.4) is 0 Å². The summed E-state index contributed by atoms with van der Waals surface area (Å²) in [5.74, 6) is 0. The maximum Gasteiger partial charge on any atom is 0.328 e. The van der Waals surface area contributed by atoms with E-state index in [0.717, 1.165) is 0 Å². The summed E-state index contributed by atoms with van der Waals surface area (Å²) in [5, 5.41) is 16.7. The molecular formula is C10H13N5O3. The number of nitrogens with zero attached hydrogens (tertiary/aromatic N) is 4. The summed E-state index contributed by atoms with van der Waals surface area (Å²) in [6.07, 6.45) is 2.99. The van der Waals surface area contributed by atoms with Crippen LogP contribution in [0.25, 0.3) is 0 Å². The van der Waals surface area contributed by atoms with E-state index in [4.69, 9.17) is 5.11 Å². The Hall–Kier alpha value is -2.22. The molecular weight excluding hydrogens is 238 g/mol. The van der Waals surface area contributed by atoms with E-state index in [1.807, 2.05) is 0 Å². The minimum atomic E-state index is -0.484. The molecule has 2 heterocycles. The van der Waals surface area contributed by atoms with Gasteiger partial charge >= 0.3 is 5.69 Å². The molecule has 8 heteroatoms. The zero-order valence-electron chi connectivity index (χ0n) is 9.83. The summed E-state index contributed by atoms with van der Waals surface area (Å²) in [6, 6.07) is 0. The zero-order chi connectivity index (χ0) is 13.1. The second-order valence-corrected chi connectivity index (χ2v) is 3.85. The average molecular weight is 251 g/mol. The molecule has 2 rings (SSSR count). The molecule has 0 radical (unpaired) electrons. The number of hydrogen-bond acceptors (Lipinski definition) is 5. The first-order chi connectivity index (χ1) is 8.60. The third-order valence-corrected chi connectivity index (χ3v) is 2.41. The predicted molar refractivity (Wildman–Crippen MR) is 62.3 cm³/mol. The standard InChI is InChI=1S/C10H13N5O3/c1-7-5-14(10(18)12-9(7)17)6-8-4-11-15(13-8)2-3-16/h4-5,16H,2-3,6H2,1H3,(H,12,17,18). The highest BCUT2D eigenvalue weighted by Crippen LogP contribution is 1.95. The summed E-state index contributed by atoms with van der Waals surface area (Å²) < 4.78 is 1.35. The van der Waals surface area contributed by atoms with E-state index in [-0.39, 0.29) is 18.7 Å². The molecule has 0 fully saturated rings. The van der Waals surface area contributed by atoms with E-state index in [9.17, 15) is 9.59 Å². The first-order valence-electron chi connectivity index (χ1n) is 5.40. The van der Waals surface area contributed by atoms with Gasteiger partial charge in [0.25, 0.3) is 5.56 Å². The largest absolute Gasteiger partial charge is 0.394 e. The molecule has 2 N–H and O–H groups in total. The van der Waals surface area contributed by atoms with E-state index in [2.05, 4.69) is 15.2 Å². The van der Waals surface area contributed by atoms with Crippen LogP contribution in [0.15, 0.2) is 22.0 Å². The number of aromatic nitrogens is 5. The second kappa shape index (κ2) is 4.96. The Labute approximate surface area is 102 Å². The number of aliphatic hydroxyl groups excluding tert-OH is 1. The summed E-state index contributed by atoms with van der Waals surface area (Å²) in [6.45, 7) is 2.10. The molecule has 0 amide bonds. The van der Waals surface area contributed by atoms with Crippen molar-refractivity contribution < 1.29 is 5.11 Å². The fourth-order valence-corrected chi connectivity index (χ4v) is 1.51. The summed E-state index contributed by atoms with van der Waals surface area (Å²) in [5.41, 5.74) is 0.164. The molecule has 0 spiro atoms. The van der Waals surface area contributed by atoms with Crippen LogP contribution >= 0.6 is 0 Å². The van der Waals surface area contributed by atoms with Crippen LogP contribution in [0, 0.1) is 6.92 Å². The highest BCUT2D eigenvalue weighted by atomic mass is 16.3. The van der Waals surface area contributed by atoms with Gasteiger partial charge in [-0.25, -0.2) is 4.79 Å². The Morgan fingerprint density at radius 2 is 2.22 bits per heavy atom. The van der Waals surface area contributed by atoms with E-state index in [1.54, 1.807) is 6.92 Å². The lowest BCUT2D eigenvalue weighted by molar-refractivity contribution is 0.260. The third-order valence-electron chi connectivity index (χ3n) is 2.41. The van der Waals surface area contributed by atoms with Gasteiger partial charge in [0.1, 0.15) is 5.69 Å². The fourth-order valence-electron chi connectivity index (χ4n) is 1.51.